The molecule has 1 heterocycles. The van der Waals surface area contributed by atoms with Crippen molar-refractivity contribution in [3.8, 4) is 17.2 Å². The van der Waals surface area contributed by atoms with Gasteiger partial charge in [0, 0.05) is 53.7 Å². The summed E-state index contributed by atoms with van der Waals surface area (Å²) >= 11 is 12.4. The van der Waals surface area contributed by atoms with E-state index in [1.807, 2.05) is 55.3 Å². The summed E-state index contributed by atoms with van der Waals surface area (Å²) in [5.74, 6) is -0.842. The first kappa shape index (κ1) is 41.3. The van der Waals surface area contributed by atoms with E-state index in [2.05, 4.69) is 34.4 Å². The fraction of sp³-hybridized carbons (Fsp3) is 0.385. The Bertz CT molecular complexity index is 1850. The summed E-state index contributed by atoms with van der Waals surface area (Å²) in [5.41, 5.74) is 4.60. The average Bonchev–Trinajstić information content (AvgIpc) is 3.51. The zero-order chi connectivity index (χ0) is 38.8. The lowest BCUT2D eigenvalue weighted by atomic mass is 10.0. The van der Waals surface area contributed by atoms with E-state index in [-0.39, 0.29) is 32.0 Å². The van der Waals surface area contributed by atoms with Crippen molar-refractivity contribution in [3.05, 3.63) is 106 Å². The molecule has 1 aromatic heterocycles. The van der Waals surface area contributed by atoms with Crippen LogP contribution in [0.4, 0.5) is 0 Å². The van der Waals surface area contributed by atoms with Crippen LogP contribution in [0.2, 0.25) is 10.0 Å². The molecule has 3 aromatic carbocycles. The molecular weight excluding hydrogens is 719 g/mol. The number of carboxylic acids is 1. The highest BCUT2D eigenvalue weighted by atomic mass is 35.5. The molecule has 0 unspecified atom stereocenters. The predicted octanol–water partition coefficient (Wildman–Crippen LogP) is 6.06. The standard InChI is InChI=1S/C39H48Cl2N6O6/c1-24(38(50)44-34(22-52-7)39(51)46(6)32(20-36(48)49)18-27-8-11-29(40)12-9-27)42-21-28-10-13-30(41)19-35(28)53-33-16-14-31(15-17-33)47-23-43-37(26(47)3)25(2)45(4)5/h8-17,19,23-25,32,34,42H,18,20-22H2,1-7H3,(H,44,50)(H,48,49)/t24-,25+,32-,34-/m0/s1. The maximum absolute atomic E-state index is 13.6. The number of hydrogen-bond donors (Lipinski definition) is 3. The van der Waals surface area contributed by atoms with Crippen molar-refractivity contribution in [1.82, 2.24) is 30.0 Å². The number of rotatable bonds is 18. The second-order valence-electron chi connectivity index (χ2n) is 13.2. The number of likely N-dealkylation sites (N-methyl/N-ethyl adjacent to an activating group) is 1. The second kappa shape index (κ2) is 19.0. The van der Waals surface area contributed by atoms with Crippen molar-refractivity contribution in [1.29, 1.82) is 0 Å². The molecule has 284 valence electrons. The molecule has 0 bridgehead atoms. The Morgan fingerprint density at radius 3 is 2.25 bits per heavy atom. The van der Waals surface area contributed by atoms with Gasteiger partial charge in [0.05, 0.1) is 37.1 Å². The number of halogens is 2. The zero-order valence-corrected chi connectivity index (χ0v) is 32.6. The second-order valence-corrected chi connectivity index (χ2v) is 14.1. The third-order valence-electron chi connectivity index (χ3n) is 9.22. The van der Waals surface area contributed by atoms with Crippen LogP contribution in [0, 0.1) is 6.92 Å². The highest BCUT2D eigenvalue weighted by Gasteiger charge is 2.31. The summed E-state index contributed by atoms with van der Waals surface area (Å²) in [4.78, 5) is 46.8. The Labute approximate surface area is 321 Å². The molecule has 0 fully saturated rings. The molecule has 4 aromatic rings. The van der Waals surface area contributed by atoms with E-state index in [0.29, 0.717) is 21.5 Å². The Balaban J connectivity index is 1.40. The maximum atomic E-state index is 13.6. The number of amides is 2. The topological polar surface area (TPSA) is 138 Å². The van der Waals surface area contributed by atoms with Crippen molar-refractivity contribution in [2.24, 2.45) is 0 Å². The average molecular weight is 768 g/mol. The van der Waals surface area contributed by atoms with Gasteiger partial charge in [0.1, 0.15) is 17.5 Å². The summed E-state index contributed by atoms with van der Waals surface area (Å²) in [5, 5.41) is 16.6. The van der Waals surface area contributed by atoms with Crippen LogP contribution < -0.4 is 15.4 Å². The predicted molar refractivity (Wildman–Crippen MR) is 206 cm³/mol. The van der Waals surface area contributed by atoms with E-state index in [4.69, 9.17) is 32.7 Å². The van der Waals surface area contributed by atoms with E-state index in [1.165, 1.54) is 19.1 Å². The van der Waals surface area contributed by atoms with Gasteiger partial charge in [-0.3, -0.25) is 14.4 Å². The Morgan fingerprint density at radius 2 is 1.62 bits per heavy atom. The molecular formula is C39H48Cl2N6O6. The molecule has 0 saturated heterocycles. The Hall–Kier alpha value is -4.46. The molecule has 0 spiro atoms. The molecule has 0 saturated carbocycles. The molecule has 0 aliphatic rings. The number of carbonyl (C=O) groups is 3. The van der Waals surface area contributed by atoms with E-state index in [0.717, 1.165) is 28.2 Å². The largest absolute Gasteiger partial charge is 0.481 e. The highest BCUT2D eigenvalue weighted by molar-refractivity contribution is 6.31. The SMILES string of the molecule is COC[C@H](NC(=O)[C@H](C)NCc1ccc(Cl)cc1Oc1ccc(-n2cnc([C@@H](C)N(C)C)c2C)cc1)C(=O)N(C)[C@H](CC(=O)O)Cc1ccc(Cl)cc1. The first-order valence-electron chi connectivity index (χ1n) is 17.2. The van der Waals surface area contributed by atoms with Gasteiger partial charge in [-0.05, 0) is 95.4 Å². The lowest BCUT2D eigenvalue weighted by Crippen LogP contribution is -2.55. The Morgan fingerprint density at radius 1 is 0.962 bits per heavy atom. The zero-order valence-electron chi connectivity index (χ0n) is 31.1. The van der Waals surface area contributed by atoms with Gasteiger partial charge in [0.15, 0.2) is 0 Å². The van der Waals surface area contributed by atoms with Crippen LogP contribution in [-0.2, 0) is 32.1 Å². The fourth-order valence-electron chi connectivity index (χ4n) is 5.77. The lowest BCUT2D eigenvalue weighted by Gasteiger charge is -2.31. The van der Waals surface area contributed by atoms with Crippen LogP contribution >= 0.6 is 23.2 Å². The molecule has 53 heavy (non-hydrogen) atoms. The number of ether oxygens (including phenoxy) is 2. The molecule has 4 rings (SSSR count). The minimum absolute atomic E-state index is 0.104. The van der Waals surface area contributed by atoms with Crippen LogP contribution in [0.3, 0.4) is 0 Å². The highest BCUT2D eigenvalue weighted by Crippen LogP contribution is 2.30. The van der Waals surface area contributed by atoms with E-state index in [9.17, 15) is 19.5 Å². The number of imidazole rings is 1. The lowest BCUT2D eigenvalue weighted by molar-refractivity contribution is -0.142. The number of carbonyl (C=O) groups excluding carboxylic acids is 2. The smallest absolute Gasteiger partial charge is 0.305 e. The van der Waals surface area contributed by atoms with Gasteiger partial charge in [-0.15, -0.1) is 0 Å². The summed E-state index contributed by atoms with van der Waals surface area (Å²) in [6.45, 7) is 6.00. The van der Waals surface area contributed by atoms with Gasteiger partial charge in [-0.25, -0.2) is 4.98 Å². The van der Waals surface area contributed by atoms with Gasteiger partial charge in [-0.1, -0.05) is 41.4 Å². The van der Waals surface area contributed by atoms with Crippen molar-refractivity contribution in [3.63, 3.8) is 0 Å². The van der Waals surface area contributed by atoms with E-state index in [1.54, 1.807) is 43.3 Å². The molecule has 0 aliphatic carbocycles. The van der Waals surface area contributed by atoms with E-state index < -0.39 is 35.9 Å². The number of methoxy groups -OCH3 is 1. The first-order valence-corrected chi connectivity index (χ1v) is 18.0. The molecule has 3 N–H and O–H groups in total. The van der Waals surface area contributed by atoms with E-state index >= 15 is 0 Å². The minimum Gasteiger partial charge on any atom is -0.481 e. The number of aromatic nitrogens is 2. The molecule has 0 aliphatic heterocycles. The number of benzene rings is 3. The number of hydrogen-bond acceptors (Lipinski definition) is 8. The maximum Gasteiger partial charge on any atom is 0.305 e. The number of aliphatic carboxylic acids is 1. The third kappa shape index (κ3) is 11.3. The third-order valence-corrected chi connectivity index (χ3v) is 9.70. The quantitative estimate of drug-likeness (QED) is 0.110. The van der Waals surface area contributed by atoms with Gasteiger partial charge < -0.3 is 39.6 Å². The summed E-state index contributed by atoms with van der Waals surface area (Å²) < 4.78 is 13.6. The van der Waals surface area contributed by atoms with Crippen molar-refractivity contribution in [2.45, 2.75) is 64.3 Å². The van der Waals surface area contributed by atoms with Crippen LogP contribution in [0.15, 0.2) is 73.1 Å². The fourth-order valence-corrected chi connectivity index (χ4v) is 6.06. The number of carboxylic acid groups (broad SMARTS) is 1. The number of nitrogens with one attached hydrogen (secondary N) is 2. The van der Waals surface area contributed by atoms with Gasteiger partial charge >= 0.3 is 5.97 Å². The van der Waals surface area contributed by atoms with Gasteiger partial charge in [0.25, 0.3) is 0 Å². The van der Waals surface area contributed by atoms with Crippen molar-refractivity contribution < 1.29 is 29.0 Å². The van der Waals surface area contributed by atoms with Crippen LogP contribution in [0.25, 0.3) is 5.69 Å². The van der Waals surface area contributed by atoms with Crippen molar-refractivity contribution in [2.75, 3.05) is 34.9 Å². The Kier molecular flexibility index (Phi) is 14.8. The van der Waals surface area contributed by atoms with Gasteiger partial charge in [0.2, 0.25) is 11.8 Å². The minimum atomic E-state index is -1.05. The summed E-state index contributed by atoms with van der Waals surface area (Å²) in [6, 6.07) is 17.7. The summed E-state index contributed by atoms with van der Waals surface area (Å²) in [6.07, 6.45) is 1.82. The van der Waals surface area contributed by atoms with Crippen LogP contribution in [0.1, 0.15) is 48.8 Å². The monoisotopic (exact) mass is 766 g/mol. The number of nitrogens with zero attached hydrogens (tertiary/aromatic N) is 4. The molecule has 14 heteroatoms. The van der Waals surface area contributed by atoms with Crippen LogP contribution in [0.5, 0.6) is 11.5 Å². The molecule has 2 amide bonds. The molecule has 0 radical (unpaired) electrons. The normalized spacial score (nSPS) is 13.6. The molecule has 4 atom stereocenters. The van der Waals surface area contributed by atoms with Crippen LogP contribution in [-0.4, -0.2) is 95.2 Å². The molecule has 12 nitrogen and oxygen atoms in total. The van der Waals surface area contributed by atoms with Gasteiger partial charge in [-0.2, -0.15) is 0 Å². The summed E-state index contributed by atoms with van der Waals surface area (Å²) in [7, 11) is 7.00. The first-order chi connectivity index (χ1) is 25.2. The van der Waals surface area contributed by atoms with Crippen molar-refractivity contribution >= 4 is 41.0 Å².